The largest absolute Gasteiger partial charge is 0.476 e. The normalized spacial score (nSPS) is 11.3. The molecule has 0 unspecified atom stereocenters. The molecule has 0 saturated carbocycles. The number of rotatable bonds is 7. The van der Waals surface area contributed by atoms with Crippen molar-refractivity contribution in [1.82, 2.24) is 24.5 Å². The van der Waals surface area contributed by atoms with E-state index in [0.29, 0.717) is 24.0 Å². The highest BCUT2D eigenvalue weighted by Gasteiger charge is 2.14. The van der Waals surface area contributed by atoms with Gasteiger partial charge in [-0.25, -0.2) is 9.97 Å². The summed E-state index contributed by atoms with van der Waals surface area (Å²) in [6.07, 6.45) is 4.00. The number of imidazole rings is 1. The van der Waals surface area contributed by atoms with Gasteiger partial charge in [-0.2, -0.15) is 9.97 Å². The van der Waals surface area contributed by atoms with E-state index in [9.17, 15) is 0 Å². The first-order chi connectivity index (χ1) is 12.8. The molecule has 26 heavy (non-hydrogen) atoms. The van der Waals surface area contributed by atoms with Crippen molar-refractivity contribution >= 4 is 44.4 Å². The second-order valence-corrected chi connectivity index (χ2v) is 6.80. The van der Waals surface area contributed by atoms with Gasteiger partial charge in [0.2, 0.25) is 11.8 Å². The zero-order valence-corrected chi connectivity index (χ0v) is 15.6. The monoisotopic (exact) mass is 368 g/mol. The van der Waals surface area contributed by atoms with Crippen LogP contribution in [0.5, 0.6) is 5.88 Å². The summed E-state index contributed by atoms with van der Waals surface area (Å²) in [7, 11) is 0. The number of unbranched alkanes of at least 4 members (excludes halogenated alkanes) is 1. The lowest BCUT2D eigenvalue weighted by Crippen LogP contribution is -2.04. The van der Waals surface area contributed by atoms with E-state index in [1.54, 1.807) is 11.3 Å². The smallest absolute Gasteiger partial charge is 0.247 e. The average molecular weight is 368 g/mol. The van der Waals surface area contributed by atoms with Crippen molar-refractivity contribution in [1.29, 1.82) is 0 Å². The minimum absolute atomic E-state index is 0.503. The van der Waals surface area contributed by atoms with Gasteiger partial charge in [-0.3, -0.25) is 0 Å². The molecule has 8 heteroatoms. The first-order valence-electron chi connectivity index (χ1n) is 8.74. The Morgan fingerprint density at radius 3 is 2.96 bits per heavy atom. The van der Waals surface area contributed by atoms with Crippen LogP contribution >= 0.6 is 11.3 Å². The molecule has 0 aliphatic carbocycles. The molecular formula is C18H20N6OS. The lowest BCUT2D eigenvalue weighted by atomic mass is 10.3. The molecule has 1 aromatic carbocycles. The molecule has 0 saturated heterocycles. The lowest BCUT2D eigenvalue weighted by molar-refractivity contribution is 0.330. The number of nitrogens with one attached hydrogen (secondary N) is 1. The van der Waals surface area contributed by atoms with Crippen molar-refractivity contribution < 1.29 is 4.74 Å². The highest BCUT2D eigenvalue weighted by atomic mass is 32.1. The minimum Gasteiger partial charge on any atom is -0.476 e. The molecule has 1 N–H and O–H groups in total. The van der Waals surface area contributed by atoms with E-state index in [0.717, 1.165) is 40.9 Å². The maximum Gasteiger partial charge on any atom is 0.247 e. The quantitative estimate of drug-likeness (QED) is 0.522. The van der Waals surface area contributed by atoms with Crippen LogP contribution in [0.15, 0.2) is 30.0 Å². The Hall–Kier alpha value is -2.74. The highest BCUT2D eigenvalue weighted by Crippen LogP contribution is 2.27. The first-order valence-corrected chi connectivity index (χ1v) is 9.62. The summed E-state index contributed by atoms with van der Waals surface area (Å²) in [6.45, 7) is 5.51. The summed E-state index contributed by atoms with van der Waals surface area (Å²) >= 11 is 1.61. The van der Waals surface area contributed by atoms with Crippen LogP contribution < -0.4 is 10.1 Å². The van der Waals surface area contributed by atoms with Crippen LogP contribution in [0.25, 0.3) is 21.4 Å². The Morgan fingerprint density at radius 1 is 1.19 bits per heavy atom. The van der Waals surface area contributed by atoms with Crippen LogP contribution in [-0.4, -0.2) is 31.1 Å². The number of hydrogen-bond acceptors (Lipinski definition) is 7. The van der Waals surface area contributed by atoms with Gasteiger partial charge < -0.3 is 14.6 Å². The van der Waals surface area contributed by atoms with Gasteiger partial charge in [-0.05, 0) is 31.5 Å². The van der Waals surface area contributed by atoms with Gasteiger partial charge in [0, 0.05) is 12.2 Å². The van der Waals surface area contributed by atoms with Crippen molar-refractivity contribution in [2.75, 3.05) is 11.9 Å². The Bertz CT molecular complexity index is 1040. The van der Waals surface area contributed by atoms with E-state index >= 15 is 0 Å². The van der Waals surface area contributed by atoms with E-state index < -0.39 is 0 Å². The predicted octanol–water partition coefficient (Wildman–Crippen LogP) is 4.38. The zero-order chi connectivity index (χ0) is 17.9. The number of fused-ring (bicyclic) bond motifs is 2. The summed E-state index contributed by atoms with van der Waals surface area (Å²) < 4.78 is 8.87. The van der Waals surface area contributed by atoms with Crippen molar-refractivity contribution in [3.63, 3.8) is 0 Å². The molecule has 134 valence electrons. The fraction of sp³-hybridized carbons (Fsp3) is 0.333. The minimum atomic E-state index is 0.503. The van der Waals surface area contributed by atoms with Gasteiger partial charge in [-0.15, -0.1) is 11.3 Å². The Labute approximate surface area is 155 Å². The van der Waals surface area contributed by atoms with Crippen LogP contribution in [0.3, 0.4) is 0 Å². The molecule has 7 nitrogen and oxygen atoms in total. The third-order valence-corrected chi connectivity index (χ3v) is 4.84. The SMILES string of the molecule is CCCCn1cnc2c(OCC)nc(Nc3ccc4ncsc4c3)nc21. The summed E-state index contributed by atoms with van der Waals surface area (Å²) in [5.41, 5.74) is 5.24. The molecule has 0 atom stereocenters. The molecule has 0 aliphatic rings. The Balaban J connectivity index is 1.72. The Morgan fingerprint density at radius 2 is 2.12 bits per heavy atom. The van der Waals surface area contributed by atoms with Crippen LogP contribution in [0.1, 0.15) is 26.7 Å². The fourth-order valence-electron chi connectivity index (χ4n) is 2.77. The third kappa shape index (κ3) is 3.20. The van der Waals surface area contributed by atoms with Crippen molar-refractivity contribution in [3.8, 4) is 5.88 Å². The number of benzene rings is 1. The summed E-state index contributed by atoms with van der Waals surface area (Å²) in [4.78, 5) is 18.0. The van der Waals surface area contributed by atoms with Crippen molar-refractivity contribution in [2.45, 2.75) is 33.2 Å². The van der Waals surface area contributed by atoms with Gasteiger partial charge in [0.25, 0.3) is 0 Å². The third-order valence-electron chi connectivity index (χ3n) is 4.05. The predicted molar refractivity (Wildman–Crippen MR) is 104 cm³/mol. The van der Waals surface area contributed by atoms with Crippen molar-refractivity contribution in [2.24, 2.45) is 0 Å². The van der Waals surface area contributed by atoms with Gasteiger partial charge in [0.15, 0.2) is 11.2 Å². The second kappa shape index (κ2) is 7.25. The fourth-order valence-corrected chi connectivity index (χ4v) is 3.48. The number of aromatic nitrogens is 5. The van der Waals surface area contributed by atoms with E-state index in [1.165, 1.54) is 0 Å². The molecule has 0 spiro atoms. The Kier molecular flexibility index (Phi) is 4.66. The van der Waals surface area contributed by atoms with Crippen LogP contribution in [0, 0.1) is 0 Å². The number of nitrogens with zero attached hydrogens (tertiary/aromatic N) is 5. The second-order valence-electron chi connectivity index (χ2n) is 5.91. The molecule has 0 aliphatic heterocycles. The highest BCUT2D eigenvalue weighted by molar-refractivity contribution is 7.16. The summed E-state index contributed by atoms with van der Waals surface area (Å²) in [5.74, 6) is 1.01. The summed E-state index contributed by atoms with van der Waals surface area (Å²) in [6, 6.07) is 6.02. The van der Waals surface area contributed by atoms with Crippen LogP contribution in [0.2, 0.25) is 0 Å². The number of hydrogen-bond donors (Lipinski definition) is 1. The molecular weight excluding hydrogens is 348 g/mol. The van der Waals surface area contributed by atoms with Crippen molar-refractivity contribution in [3.05, 3.63) is 30.0 Å². The maximum atomic E-state index is 5.70. The molecule has 0 fully saturated rings. The number of thiazole rings is 1. The molecule has 3 aromatic heterocycles. The molecule has 0 amide bonds. The molecule has 3 heterocycles. The van der Waals surface area contributed by atoms with Gasteiger partial charge in [-0.1, -0.05) is 13.3 Å². The summed E-state index contributed by atoms with van der Waals surface area (Å²) in [5, 5.41) is 3.29. The standard InChI is InChI=1S/C18H20N6OS/c1-3-5-8-24-10-19-15-16(24)22-18(23-17(15)25-4-2)21-12-6-7-13-14(9-12)26-11-20-13/h6-7,9-11H,3-5,8H2,1-2H3,(H,21,22,23). The van der Waals surface area contributed by atoms with Crippen LogP contribution in [-0.2, 0) is 6.54 Å². The first kappa shape index (κ1) is 16.7. The molecule has 4 rings (SSSR count). The molecule has 4 aromatic rings. The maximum absolute atomic E-state index is 5.70. The number of anilines is 2. The van der Waals surface area contributed by atoms with E-state index in [2.05, 4.69) is 42.8 Å². The number of aryl methyl sites for hydroxylation is 1. The van der Waals surface area contributed by atoms with E-state index in [1.807, 2.05) is 30.9 Å². The van der Waals surface area contributed by atoms with Gasteiger partial charge in [0.05, 0.1) is 28.7 Å². The van der Waals surface area contributed by atoms with Gasteiger partial charge >= 0.3 is 0 Å². The molecule has 0 radical (unpaired) electrons. The van der Waals surface area contributed by atoms with Gasteiger partial charge in [0.1, 0.15) is 0 Å². The van der Waals surface area contributed by atoms with Crippen LogP contribution in [0.4, 0.5) is 11.6 Å². The molecule has 0 bridgehead atoms. The van der Waals surface area contributed by atoms with E-state index in [4.69, 9.17) is 4.74 Å². The zero-order valence-electron chi connectivity index (χ0n) is 14.8. The average Bonchev–Trinajstić information content (AvgIpc) is 3.26. The number of ether oxygens (including phenoxy) is 1. The lowest BCUT2D eigenvalue weighted by Gasteiger charge is -2.09. The topological polar surface area (TPSA) is 77.8 Å². The van der Waals surface area contributed by atoms with E-state index in [-0.39, 0.29) is 0 Å².